The summed E-state index contributed by atoms with van der Waals surface area (Å²) in [6, 6.07) is 1.57. The normalized spacial score (nSPS) is 11.6. The van der Waals surface area contributed by atoms with Crippen LogP contribution < -0.4 is 0 Å². The molecule has 0 aliphatic carbocycles. The number of aromatic nitrogens is 2. The third kappa shape index (κ3) is 4.46. The number of imidazole rings is 1. The maximum atomic E-state index is 14.5. The van der Waals surface area contributed by atoms with Crippen LogP contribution in [0.4, 0.5) is 17.6 Å². The van der Waals surface area contributed by atoms with Gasteiger partial charge in [0.15, 0.2) is 5.69 Å². The fourth-order valence-corrected chi connectivity index (χ4v) is 2.65. The first-order valence-electron chi connectivity index (χ1n) is 7.41. The predicted molar refractivity (Wildman–Crippen MR) is 88.6 cm³/mol. The van der Waals surface area contributed by atoms with E-state index in [-0.39, 0.29) is 5.56 Å². The van der Waals surface area contributed by atoms with Crippen LogP contribution in [0.15, 0.2) is 16.7 Å². The van der Waals surface area contributed by atoms with E-state index in [1.807, 2.05) is 4.98 Å². The number of ether oxygens (including phenoxy) is 2. The molecule has 2 aromatic rings. The van der Waals surface area contributed by atoms with Crippen molar-refractivity contribution in [2.45, 2.75) is 26.1 Å². The molecule has 0 amide bonds. The molecule has 6 nitrogen and oxygen atoms in total. The lowest BCUT2D eigenvalue weighted by molar-refractivity contribution is -0.141. The van der Waals surface area contributed by atoms with Gasteiger partial charge in [-0.25, -0.2) is 19.0 Å². The van der Waals surface area contributed by atoms with Gasteiger partial charge in [0, 0.05) is 0 Å². The first kappa shape index (κ1) is 20.9. The van der Waals surface area contributed by atoms with E-state index in [0.717, 1.165) is 13.2 Å². The van der Waals surface area contributed by atoms with Crippen molar-refractivity contribution < 1.29 is 36.6 Å². The number of alkyl halides is 3. The number of methoxy groups -OCH3 is 1. The third-order valence-corrected chi connectivity index (χ3v) is 3.85. The Hall–Kier alpha value is -2.43. The lowest BCUT2D eigenvalue weighted by Crippen LogP contribution is -2.17. The van der Waals surface area contributed by atoms with Crippen molar-refractivity contribution in [2.75, 3.05) is 7.11 Å². The minimum absolute atomic E-state index is 0.368. The SMILES string of the molecule is COC(=O)c1cc(F)c(-c2nc(Br)c(C(F)(F)F)[nH]2)cc1C(=O)OC(C)C. The van der Waals surface area contributed by atoms with Crippen LogP contribution in [0.25, 0.3) is 11.4 Å². The Bertz CT molecular complexity index is 893. The van der Waals surface area contributed by atoms with Gasteiger partial charge in [-0.05, 0) is 41.9 Å². The number of H-pyrrole nitrogens is 1. The van der Waals surface area contributed by atoms with Crippen LogP contribution in [0.5, 0.6) is 0 Å². The Morgan fingerprint density at radius 2 is 1.78 bits per heavy atom. The van der Waals surface area contributed by atoms with Gasteiger partial charge in [0.2, 0.25) is 0 Å². The van der Waals surface area contributed by atoms with Gasteiger partial charge in [-0.3, -0.25) is 0 Å². The molecule has 0 spiro atoms. The summed E-state index contributed by atoms with van der Waals surface area (Å²) in [6.07, 6.45) is -5.31. The zero-order valence-corrected chi connectivity index (χ0v) is 15.8. The van der Waals surface area contributed by atoms with Crippen LogP contribution in [0, 0.1) is 5.82 Å². The summed E-state index contributed by atoms with van der Waals surface area (Å²) in [5.41, 5.74) is -2.46. The van der Waals surface area contributed by atoms with Crippen molar-refractivity contribution in [3.8, 4) is 11.4 Å². The van der Waals surface area contributed by atoms with Crippen LogP contribution in [0.1, 0.15) is 40.3 Å². The Labute approximate surface area is 159 Å². The minimum atomic E-state index is -4.76. The Morgan fingerprint density at radius 3 is 2.26 bits per heavy atom. The van der Waals surface area contributed by atoms with Gasteiger partial charge in [-0.1, -0.05) is 0 Å². The monoisotopic (exact) mass is 452 g/mol. The molecule has 1 heterocycles. The van der Waals surface area contributed by atoms with E-state index in [1.54, 1.807) is 13.8 Å². The summed E-state index contributed by atoms with van der Waals surface area (Å²) in [5.74, 6) is -3.53. The van der Waals surface area contributed by atoms with Crippen LogP contribution in [0.2, 0.25) is 0 Å². The maximum Gasteiger partial charge on any atom is 0.433 e. The summed E-state index contributed by atoms with van der Waals surface area (Å²) in [7, 11) is 1.03. The number of halogens is 5. The zero-order valence-electron chi connectivity index (χ0n) is 14.2. The smallest absolute Gasteiger partial charge is 0.433 e. The summed E-state index contributed by atoms with van der Waals surface area (Å²) in [6.45, 7) is 3.11. The van der Waals surface area contributed by atoms with Gasteiger partial charge in [-0.2, -0.15) is 13.2 Å². The van der Waals surface area contributed by atoms with E-state index in [2.05, 4.69) is 25.7 Å². The predicted octanol–water partition coefficient (Wildman–Crippen LogP) is 4.35. The summed E-state index contributed by atoms with van der Waals surface area (Å²) in [5, 5.41) is 0. The summed E-state index contributed by atoms with van der Waals surface area (Å²) in [4.78, 5) is 29.6. The average molecular weight is 453 g/mol. The number of benzene rings is 1. The number of nitrogens with zero attached hydrogens (tertiary/aromatic N) is 1. The first-order valence-corrected chi connectivity index (χ1v) is 8.20. The molecule has 1 aromatic heterocycles. The largest absolute Gasteiger partial charge is 0.465 e. The fourth-order valence-electron chi connectivity index (χ4n) is 2.15. The summed E-state index contributed by atoms with van der Waals surface area (Å²) < 4.78 is 62.1. The summed E-state index contributed by atoms with van der Waals surface area (Å²) >= 11 is 2.65. The number of hydrogen-bond acceptors (Lipinski definition) is 5. The number of aromatic amines is 1. The molecule has 0 saturated heterocycles. The van der Waals surface area contributed by atoms with Gasteiger partial charge >= 0.3 is 18.1 Å². The molecule has 146 valence electrons. The highest BCUT2D eigenvalue weighted by Crippen LogP contribution is 2.36. The van der Waals surface area contributed by atoms with E-state index in [4.69, 9.17) is 4.74 Å². The second-order valence-corrected chi connectivity index (χ2v) is 6.32. The quantitative estimate of drug-likeness (QED) is 0.550. The van der Waals surface area contributed by atoms with Crippen molar-refractivity contribution in [3.05, 3.63) is 39.4 Å². The van der Waals surface area contributed by atoms with Crippen molar-refractivity contribution in [3.63, 3.8) is 0 Å². The van der Waals surface area contributed by atoms with Gasteiger partial charge in [-0.15, -0.1) is 0 Å². The molecule has 0 atom stereocenters. The van der Waals surface area contributed by atoms with Crippen molar-refractivity contribution >= 4 is 27.9 Å². The van der Waals surface area contributed by atoms with Gasteiger partial charge in [0.1, 0.15) is 16.2 Å². The van der Waals surface area contributed by atoms with Crippen molar-refractivity contribution in [1.29, 1.82) is 0 Å². The van der Waals surface area contributed by atoms with Crippen LogP contribution in [0.3, 0.4) is 0 Å². The molecule has 0 fully saturated rings. The number of rotatable bonds is 4. The average Bonchev–Trinajstić information content (AvgIpc) is 2.94. The van der Waals surface area contributed by atoms with Gasteiger partial charge in [0.25, 0.3) is 0 Å². The molecular formula is C16H13BrF4N2O4. The van der Waals surface area contributed by atoms with Crippen LogP contribution in [-0.4, -0.2) is 35.1 Å². The first-order chi connectivity index (χ1) is 12.5. The number of hydrogen-bond donors (Lipinski definition) is 1. The second-order valence-electron chi connectivity index (χ2n) is 5.57. The topological polar surface area (TPSA) is 81.3 Å². The van der Waals surface area contributed by atoms with Crippen molar-refractivity contribution in [1.82, 2.24) is 9.97 Å². The zero-order chi connectivity index (χ0) is 20.5. The lowest BCUT2D eigenvalue weighted by atomic mass is 10.0. The molecule has 0 aliphatic heterocycles. The molecule has 0 unspecified atom stereocenters. The second kappa shape index (κ2) is 7.67. The molecule has 0 bridgehead atoms. The molecule has 27 heavy (non-hydrogen) atoms. The number of esters is 2. The van der Waals surface area contributed by atoms with E-state index in [9.17, 15) is 27.2 Å². The highest BCUT2D eigenvalue weighted by Gasteiger charge is 2.37. The number of nitrogens with one attached hydrogen (secondary N) is 1. The third-order valence-electron chi connectivity index (χ3n) is 3.27. The molecular weight excluding hydrogens is 440 g/mol. The number of carbonyl (C=O) groups excluding carboxylic acids is 2. The lowest BCUT2D eigenvalue weighted by Gasteiger charge is -2.12. The molecule has 0 radical (unpaired) electrons. The standard InChI is InChI=1S/C16H13BrF4N2O4/c1-6(2)27-15(25)7-4-9(10(18)5-8(7)14(24)26-3)13-22-11(12(17)23-13)16(19,20)21/h4-6H,1-3H3,(H,22,23). The van der Waals surface area contributed by atoms with Crippen LogP contribution >= 0.6 is 15.9 Å². The van der Waals surface area contributed by atoms with E-state index >= 15 is 0 Å². The van der Waals surface area contributed by atoms with Gasteiger partial charge < -0.3 is 14.5 Å². The Kier molecular flexibility index (Phi) is 5.93. The highest BCUT2D eigenvalue weighted by atomic mass is 79.9. The van der Waals surface area contributed by atoms with E-state index in [0.29, 0.717) is 6.07 Å². The fraction of sp³-hybridized carbons (Fsp3) is 0.312. The molecule has 2 rings (SSSR count). The minimum Gasteiger partial charge on any atom is -0.465 e. The molecule has 0 aliphatic rings. The van der Waals surface area contributed by atoms with Crippen molar-refractivity contribution in [2.24, 2.45) is 0 Å². The van der Waals surface area contributed by atoms with E-state index in [1.165, 1.54) is 0 Å². The van der Waals surface area contributed by atoms with E-state index < -0.39 is 57.3 Å². The Morgan fingerprint density at radius 1 is 1.19 bits per heavy atom. The highest BCUT2D eigenvalue weighted by molar-refractivity contribution is 9.10. The maximum absolute atomic E-state index is 14.5. The molecule has 0 saturated carbocycles. The Balaban J connectivity index is 2.65. The number of carbonyl (C=O) groups is 2. The molecule has 1 N–H and O–H groups in total. The molecule has 11 heteroatoms. The van der Waals surface area contributed by atoms with Gasteiger partial charge in [0.05, 0.1) is 29.9 Å². The van der Waals surface area contributed by atoms with Crippen LogP contribution in [-0.2, 0) is 15.7 Å². The molecule has 1 aromatic carbocycles.